The first-order chi connectivity index (χ1) is 10.1. The molecular formula is C15H20N4OS. The summed E-state index contributed by atoms with van der Waals surface area (Å²) in [5.41, 5.74) is 1.83. The van der Waals surface area contributed by atoms with Gasteiger partial charge >= 0.3 is 0 Å². The summed E-state index contributed by atoms with van der Waals surface area (Å²) in [4.78, 5) is 22.6. The highest BCUT2D eigenvalue weighted by Crippen LogP contribution is 2.21. The van der Waals surface area contributed by atoms with Crippen LogP contribution >= 0.6 is 11.3 Å². The third-order valence-electron chi connectivity index (χ3n) is 2.93. The molecule has 0 aliphatic carbocycles. The molecule has 21 heavy (non-hydrogen) atoms. The van der Waals surface area contributed by atoms with Crippen LogP contribution in [0.1, 0.15) is 12.1 Å². The fraction of sp³-hybridized carbons (Fsp3) is 0.400. The zero-order valence-electron chi connectivity index (χ0n) is 12.4. The predicted octanol–water partition coefficient (Wildman–Crippen LogP) is 1.82. The van der Waals surface area contributed by atoms with E-state index in [1.807, 2.05) is 42.6 Å². The molecule has 112 valence electrons. The number of hydrogen-bond donors (Lipinski definition) is 1. The van der Waals surface area contributed by atoms with E-state index < -0.39 is 0 Å². The normalized spacial score (nSPS) is 10.8. The van der Waals surface area contributed by atoms with Crippen LogP contribution in [0.15, 0.2) is 29.8 Å². The van der Waals surface area contributed by atoms with Gasteiger partial charge in [0, 0.05) is 31.1 Å². The van der Waals surface area contributed by atoms with Gasteiger partial charge in [-0.3, -0.25) is 9.78 Å². The zero-order valence-corrected chi connectivity index (χ0v) is 13.2. The van der Waals surface area contributed by atoms with E-state index in [4.69, 9.17) is 0 Å². The van der Waals surface area contributed by atoms with E-state index >= 15 is 0 Å². The van der Waals surface area contributed by atoms with E-state index in [-0.39, 0.29) is 5.91 Å². The van der Waals surface area contributed by atoms with Crippen molar-refractivity contribution in [2.75, 3.05) is 27.2 Å². The third kappa shape index (κ3) is 5.24. The summed E-state index contributed by atoms with van der Waals surface area (Å²) in [6, 6.07) is 5.77. The van der Waals surface area contributed by atoms with Crippen molar-refractivity contribution in [2.24, 2.45) is 0 Å². The van der Waals surface area contributed by atoms with E-state index in [2.05, 4.69) is 15.3 Å². The number of carbonyl (C=O) groups is 1. The maximum Gasteiger partial charge on any atom is 0.220 e. The lowest BCUT2D eigenvalue weighted by atomic mass is 10.2. The summed E-state index contributed by atoms with van der Waals surface area (Å²) < 4.78 is 0. The Bertz CT molecular complexity index is 568. The number of aromatic nitrogens is 2. The summed E-state index contributed by atoms with van der Waals surface area (Å²) >= 11 is 1.56. The number of rotatable bonds is 7. The Hall–Kier alpha value is -1.79. The average molecular weight is 304 g/mol. The fourth-order valence-corrected chi connectivity index (χ4v) is 2.61. The van der Waals surface area contributed by atoms with Crippen molar-refractivity contribution in [2.45, 2.75) is 12.8 Å². The monoisotopic (exact) mass is 304 g/mol. The molecular weight excluding hydrogens is 284 g/mol. The van der Waals surface area contributed by atoms with Crippen LogP contribution in [0, 0.1) is 0 Å². The molecule has 2 rings (SSSR count). The van der Waals surface area contributed by atoms with Gasteiger partial charge in [-0.15, -0.1) is 11.3 Å². The molecule has 0 aliphatic rings. The van der Waals surface area contributed by atoms with Crippen molar-refractivity contribution in [3.05, 3.63) is 35.5 Å². The quantitative estimate of drug-likeness (QED) is 0.847. The Morgan fingerprint density at radius 2 is 2.24 bits per heavy atom. The highest BCUT2D eigenvalue weighted by molar-refractivity contribution is 7.13. The van der Waals surface area contributed by atoms with Gasteiger partial charge < -0.3 is 10.2 Å². The first-order valence-electron chi connectivity index (χ1n) is 6.92. The fourth-order valence-electron chi connectivity index (χ4n) is 1.78. The van der Waals surface area contributed by atoms with Crippen molar-refractivity contribution in [1.82, 2.24) is 20.2 Å². The minimum Gasteiger partial charge on any atom is -0.355 e. The molecule has 0 aromatic carbocycles. The molecule has 2 aromatic rings. The lowest BCUT2D eigenvalue weighted by Crippen LogP contribution is -2.31. The minimum absolute atomic E-state index is 0.0734. The Labute approximate surface area is 129 Å². The Morgan fingerprint density at radius 3 is 2.95 bits per heavy atom. The summed E-state index contributed by atoms with van der Waals surface area (Å²) in [7, 11) is 3.97. The zero-order chi connectivity index (χ0) is 15.1. The van der Waals surface area contributed by atoms with Gasteiger partial charge in [-0.1, -0.05) is 6.07 Å². The molecule has 0 fully saturated rings. The third-order valence-corrected chi connectivity index (χ3v) is 3.84. The van der Waals surface area contributed by atoms with Gasteiger partial charge in [0.15, 0.2) is 0 Å². The second-order valence-electron chi connectivity index (χ2n) is 5.01. The van der Waals surface area contributed by atoms with Crippen molar-refractivity contribution in [3.63, 3.8) is 0 Å². The molecule has 0 unspecified atom stereocenters. The van der Waals surface area contributed by atoms with E-state index in [0.717, 1.165) is 22.9 Å². The van der Waals surface area contributed by atoms with Crippen LogP contribution in [0.3, 0.4) is 0 Å². The molecule has 2 heterocycles. The molecule has 1 amide bonds. The molecule has 0 aliphatic heterocycles. The van der Waals surface area contributed by atoms with Crippen molar-refractivity contribution < 1.29 is 4.79 Å². The molecule has 5 nitrogen and oxygen atoms in total. The van der Waals surface area contributed by atoms with Gasteiger partial charge in [0.1, 0.15) is 5.01 Å². The lowest BCUT2D eigenvalue weighted by Gasteiger charge is -2.09. The Morgan fingerprint density at radius 1 is 1.38 bits per heavy atom. The van der Waals surface area contributed by atoms with Gasteiger partial charge in [-0.25, -0.2) is 4.98 Å². The maximum absolute atomic E-state index is 11.7. The highest BCUT2D eigenvalue weighted by atomic mass is 32.1. The number of carbonyl (C=O) groups excluding carboxylic acids is 1. The molecule has 0 atom stereocenters. The van der Waals surface area contributed by atoms with Gasteiger partial charge in [0.25, 0.3) is 0 Å². The van der Waals surface area contributed by atoms with Gasteiger partial charge in [-0.05, 0) is 32.6 Å². The topological polar surface area (TPSA) is 58.1 Å². The summed E-state index contributed by atoms with van der Waals surface area (Å²) in [6.07, 6.45) is 2.89. The first-order valence-corrected chi connectivity index (χ1v) is 7.80. The van der Waals surface area contributed by atoms with Crippen molar-refractivity contribution in [1.29, 1.82) is 0 Å². The summed E-state index contributed by atoms with van der Waals surface area (Å²) in [6.45, 7) is 1.54. The maximum atomic E-state index is 11.7. The van der Waals surface area contributed by atoms with Crippen LogP contribution in [0.5, 0.6) is 0 Å². The summed E-state index contributed by atoms with van der Waals surface area (Å²) in [5, 5.41) is 5.80. The molecule has 0 radical (unpaired) electrons. The molecule has 2 aromatic heterocycles. The SMILES string of the molecule is CN(C)CCNC(=O)CCc1csc(-c2ccccn2)n1. The molecule has 0 saturated carbocycles. The lowest BCUT2D eigenvalue weighted by molar-refractivity contribution is -0.121. The molecule has 0 bridgehead atoms. The summed E-state index contributed by atoms with van der Waals surface area (Å²) in [5.74, 6) is 0.0734. The van der Waals surface area contributed by atoms with Crippen LogP contribution < -0.4 is 5.32 Å². The molecule has 0 spiro atoms. The number of nitrogens with zero attached hydrogens (tertiary/aromatic N) is 3. The second kappa shape index (κ2) is 7.85. The highest BCUT2D eigenvalue weighted by Gasteiger charge is 2.07. The van der Waals surface area contributed by atoms with Gasteiger partial charge in [0.05, 0.1) is 11.4 Å². The molecule has 1 N–H and O–H groups in total. The average Bonchev–Trinajstić information content (AvgIpc) is 2.94. The predicted molar refractivity (Wildman–Crippen MR) is 85.2 cm³/mol. The van der Waals surface area contributed by atoms with Crippen LogP contribution in [0.4, 0.5) is 0 Å². The molecule has 0 saturated heterocycles. The van der Waals surface area contributed by atoms with E-state index in [9.17, 15) is 4.79 Å². The van der Waals surface area contributed by atoms with Gasteiger partial charge in [-0.2, -0.15) is 0 Å². The van der Waals surface area contributed by atoms with Crippen LogP contribution in [0.25, 0.3) is 10.7 Å². The smallest absolute Gasteiger partial charge is 0.220 e. The second-order valence-corrected chi connectivity index (χ2v) is 5.87. The minimum atomic E-state index is 0.0734. The number of hydrogen-bond acceptors (Lipinski definition) is 5. The van der Waals surface area contributed by atoms with E-state index in [1.54, 1.807) is 17.5 Å². The van der Waals surface area contributed by atoms with Crippen molar-refractivity contribution in [3.8, 4) is 10.7 Å². The molecule has 6 heteroatoms. The standard InChI is InChI=1S/C15H20N4OS/c1-19(2)10-9-17-14(20)7-6-12-11-21-15(18-12)13-5-3-4-8-16-13/h3-5,8,11H,6-7,9-10H2,1-2H3,(H,17,20). The largest absolute Gasteiger partial charge is 0.355 e. The number of thiazole rings is 1. The van der Waals surface area contributed by atoms with E-state index in [0.29, 0.717) is 19.4 Å². The number of likely N-dealkylation sites (N-methyl/N-ethyl adjacent to an activating group) is 1. The van der Waals surface area contributed by atoms with Crippen LogP contribution in [-0.4, -0.2) is 48.0 Å². The van der Waals surface area contributed by atoms with Crippen LogP contribution in [0.2, 0.25) is 0 Å². The van der Waals surface area contributed by atoms with Crippen LogP contribution in [-0.2, 0) is 11.2 Å². The number of nitrogens with one attached hydrogen (secondary N) is 1. The number of aryl methyl sites for hydroxylation is 1. The van der Waals surface area contributed by atoms with Crippen molar-refractivity contribution >= 4 is 17.2 Å². The van der Waals surface area contributed by atoms with Gasteiger partial charge in [0.2, 0.25) is 5.91 Å². The number of pyridine rings is 1. The van der Waals surface area contributed by atoms with E-state index in [1.165, 1.54) is 0 Å². The Kier molecular flexibility index (Phi) is 5.83. The number of amides is 1. The first kappa shape index (κ1) is 15.6. The Balaban J connectivity index is 1.79.